The first kappa shape index (κ1) is 21.1. The Balaban J connectivity index is 1.86. The Kier molecular flexibility index (Phi) is 6.52. The summed E-state index contributed by atoms with van der Waals surface area (Å²) in [6.45, 7) is 2.99. The quantitative estimate of drug-likeness (QED) is 0.570. The maximum absolute atomic E-state index is 13.2. The van der Waals surface area contributed by atoms with Crippen molar-refractivity contribution in [3.8, 4) is 11.4 Å². The van der Waals surface area contributed by atoms with Gasteiger partial charge in [0.1, 0.15) is 5.82 Å². The van der Waals surface area contributed by atoms with Crippen LogP contribution in [-0.2, 0) is 9.53 Å². The van der Waals surface area contributed by atoms with E-state index in [-0.39, 0.29) is 23.7 Å². The number of rotatable bonds is 7. The summed E-state index contributed by atoms with van der Waals surface area (Å²) in [7, 11) is 0. The SMILES string of the molecule is CCOC(=O)c1nn(-c2ccc(F)cc2)c(=O)cc1OCC(=O)Nc1nc(C)cs1. The Bertz CT molecular complexity index is 1130. The number of carbonyl (C=O) groups excluding carboxylic acids is 2. The largest absolute Gasteiger partial charge is 0.481 e. The maximum atomic E-state index is 13.2. The van der Waals surface area contributed by atoms with Gasteiger partial charge in [0, 0.05) is 5.38 Å². The maximum Gasteiger partial charge on any atom is 0.362 e. The highest BCUT2D eigenvalue weighted by Gasteiger charge is 2.21. The molecule has 0 spiro atoms. The van der Waals surface area contributed by atoms with Gasteiger partial charge in [0.05, 0.1) is 24.1 Å². The van der Waals surface area contributed by atoms with Gasteiger partial charge in [-0.3, -0.25) is 14.9 Å². The molecule has 9 nitrogen and oxygen atoms in total. The topological polar surface area (TPSA) is 112 Å². The fourth-order valence-corrected chi connectivity index (χ4v) is 3.07. The molecule has 0 saturated heterocycles. The van der Waals surface area contributed by atoms with E-state index in [1.54, 1.807) is 19.2 Å². The van der Waals surface area contributed by atoms with Crippen molar-refractivity contribution in [2.24, 2.45) is 0 Å². The van der Waals surface area contributed by atoms with Gasteiger partial charge in [-0.2, -0.15) is 9.78 Å². The molecule has 3 aromatic rings. The number of hydrogen-bond donors (Lipinski definition) is 1. The highest BCUT2D eigenvalue weighted by atomic mass is 32.1. The lowest BCUT2D eigenvalue weighted by Crippen LogP contribution is -2.27. The number of anilines is 1. The van der Waals surface area contributed by atoms with Crippen molar-refractivity contribution < 1.29 is 23.5 Å². The zero-order valence-corrected chi connectivity index (χ0v) is 16.9. The first-order valence-electron chi connectivity index (χ1n) is 8.79. The molecule has 0 atom stereocenters. The Morgan fingerprint density at radius 3 is 2.63 bits per heavy atom. The van der Waals surface area contributed by atoms with Crippen LogP contribution in [0.5, 0.6) is 5.75 Å². The molecule has 11 heteroatoms. The molecule has 156 valence electrons. The van der Waals surface area contributed by atoms with Crippen molar-refractivity contribution in [3.05, 3.63) is 63.3 Å². The highest BCUT2D eigenvalue weighted by Crippen LogP contribution is 2.18. The summed E-state index contributed by atoms with van der Waals surface area (Å²) in [6, 6.07) is 6.00. The van der Waals surface area contributed by atoms with E-state index in [1.165, 1.54) is 23.5 Å². The number of nitrogens with zero attached hydrogens (tertiary/aromatic N) is 3. The van der Waals surface area contributed by atoms with Crippen molar-refractivity contribution in [2.45, 2.75) is 13.8 Å². The molecule has 0 aliphatic heterocycles. The number of nitrogens with one attached hydrogen (secondary N) is 1. The van der Waals surface area contributed by atoms with Crippen LogP contribution in [0.15, 0.2) is 40.5 Å². The number of aromatic nitrogens is 3. The summed E-state index contributed by atoms with van der Waals surface area (Å²) in [5.41, 5.74) is 0.0732. The summed E-state index contributed by atoms with van der Waals surface area (Å²) in [4.78, 5) is 41.0. The zero-order valence-electron chi connectivity index (χ0n) is 16.0. The van der Waals surface area contributed by atoms with E-state index < -0.39 is 29.9 Å². The van der Waals surface area contributed by atoms with E-state index in [4.69, 9.17) is 9.47 Å². The molecule has 1 aromatic carbocycles. The van der Waals surface area contributed by atoms with Crippen LogP contribution in [0.1, 0.15) is 23.1 Å². The number of hydrogen-bond acceptors (Lipinski definition) is 8. The first-order chi connectivity index (χ1) is 14.4. The van der Waals surface area contributed by atoms with E-state index in [2.05, 4.69) is 15.4 Å². The van der Waals surface area contributed by atoms with E-state index in [0.717, 1.165) is 28.6 Å². The van der Waals surface area contributed by atoms with Crippen LogP contribution in [0.25, 0.3) is 5.69 Å². The Hall–Kier alpha value is -3.60. The third-order valence-corrected chi connectivity index (χ3v) is 4.54. The van der Waals surface area contributed by atoms with Gasteiger partial charge in [-0.25, -0.2) is 14.2 Å². The molecule has 0 aliphatic carbocycles. The lowest BCUT2D eigenvalue weighted by atomic mass is 10.3. The minimum Gasteiger partial charge on any atom is -0.481 e. The predicted octanol–water partition coefficient (Wildman–Crippen LogP) is 2.33. The average Bonchev–Trinajstić information content (AvgIpc) is 3.12. The standard InChI is InChI=1S/C19H17FN4O5S/c1-3-28-18(27)17-14(29-9-15(25)22-19-21-11(2)10-30-19)8-16(26)24(23-17)13-6-4-12(20)5-7-13/h4-8,10H,3,9H2,1-2H3,(H,21,22,25). The smallest absolute Gasteiger partial charge is 0.362 e. The highest BCUT2D eigenvalue weighted by molar-refractivity contribution is 7.13. The molecule has 2 heterocycles. The van der Waals surface area contributed by atoms with Gasteiger partial charge >= 0.3 is 5.97 Å². The minimum atomic E-state index is -0.834. The van der Waals surface area contributed by atoms with Crippen LogP contribution >= 0.6 is 11.3 Å². The number of amides is 1. The first-order valence-corrected chi connectivity index (χ1v) is 9.67. The average molecular weight is 432 g/mol. The number of carbonyl (C=O) groups is 2. The number of thiazole rings is 1. The second-order valence-corrected chi connectivity index (χ2v) is 6.79. The minimum absolute atomic E-state index is 0.0690. The van der Waals surface area contributed by atoms with Gasteiger partial charge < -0.3 is 9.47 Å². The molecule has 1 N–H and O–H groups in total. The van der Waals surface area contributed by atoms with Crippen molar-refractivity contribution in [1.29, 1.82) is 0 Å². The summed E-state index contributed by atoms with van der Waals surface area (Å²) in [6.07, 6.45) is 0. The molecule has 0 radical (unpaired) electrons. The number of aryl methyl sites for hydroxylation is 1. The van der Waals surface area contributed by atoms with Crippen LogP contribution in [0.3, 0.4) is 0 Å². The normalized spacial score (nSPS) is 10.5. The summed E-state index contributed by atoms with van der Waals surface area (Å²) in [5.74, 6) is -2.05. The zero-order chi connectivity index (χ0) is 21.7. The van der Waals surface area contributed by atoms with Crippen molar-refractivity contribution >= 4 is 28.3 Å². The summed E-state index contributed by atoms with van der Waals surface area (Å²) < 4.78 is 24.4. The van der Waals surface area contributed by atoms with Crippen LogP contribution in [0.2, 0.25) is 0 Å². The van der Waals surface area contributed by atoms with Crippen LogP contribution in [0, 0.1) is 12.7 Å². The fourth-order valence-electron chi connectivity index (χ4n) is 2.37. The van der Waals surface area contributed by atoms with Crippen molar-refractivity contribution in [3.63, 3.8) is 0 Å². The molecule has 2 aromatic heterocycles. The molecule has 1 amide bonds. The molecule has 0 unspecified atom stereocenters. The second kappa shape index (κ2) is 9.27. The molecule has 0 aliphatic rings. The number of benzene rings is 1. The molecule has 0 saturated carbocycles. The number of ether oxygens (including phenoxy) is 2. The van der Waals surface area contributed by atoms with Gasteiger partial charge in [-0.1, -0.05) is 0 Å². The van der Waals surface area contributed by atoms with Gasteiger partial charge in [0.2, 0.25) is 5.69 Å². The van der Waals surface area contributed by atoms with Crippen LogP contribution in [-0.4, -0.2) is 39.9 Å². The monoisotopic (exact) mass is 432 g/mol. The molecular formula is C19H17FN4O5S. The predicted molar refractivity (Wildman–Crippen MR) is 107 cm³/mol. The summed E-state index contributed by atoms with van der Waals surface area (Å²) >= 11 is 1.25. The molecule has 0 bridgehead atoms. The molecule has 30 heavy (non-hydrogen) atoms. The van der Waals surface area contributed by atoms with Gasteiger partial charge in [-0.15, -0.1) is 11.3 Å². The lowest BCUT2D eigenvalue weighted by Gasteiger charge is -2.12. The van der Waals surface area contributed by atoms with Crippen LogP contribution < -0.4 is 15.6 Å². The Labute approximate surface area is 174 Å². The molecule has 0 fully saturated rings. The van der Waals surface area contributed by atoms with Gasteiger partial charge in [0.15, 0.2) is 17.5 Å². The Morgan fingerprint density at radius 2 is 2.00 bits per heavy atom. The third-order valence-electron chi connectivity index (χ3n) is 3.66. The molecular weight excluding hydrogens is 415 g/mol. The molecule has 3 rings (SSSR count). The van der Waals surface area contributed by atoms with E-state index in [1.807, 2.05) is 0 Å². The summed E-state index contributed by atoms with van der Waals surface area (Å²) in [5, 5.41) is 8.72. The number of esters is 1. The van der Waals surface area contributed by atoms with Gasteiger partial charge in [0.25, 0.3) is 11.5 Å². The van der Waals surface area contributed by atoms with Crippen molar-refractivity contribution in [2.75, 3.05) is 18.5 Å². The second-order valence-electron chi connectivity index (χ2n) is 5.94. The van der Waals surface area contributed by atoms with Gasteiger partial charge in [-0.05, 0) is 38.1 Å². The van der Waals surface area contributed by atoms with Crippen LogP contribution in [0.4, 0.5) is 9.52 Å². The third kappa shape index (κ3) is 5.06. The van der Waals surface area contributed by atoms with E-state index in [0.29, 0.717) is 5.13 Å². The fraction of sp³-hybridized carbons (Fsp3) is 0.211. The lowest BCUT2D eigenvalue weighted by molar-refractivity contribution is -0.118. The van der Waals surface area contributed by atoms with Crippen molar-refractivity contribution in [1.82, 2.24) is 14.8 Å². The van der Waals surface area contributed by atoms with E-state index >= 15 is 0 Å². The Morgan fingerprint density at radius 1 is 1.27 bits per heavy atom. The van der Waals surface area contributed by atoms with E-state index in [9.17, 15) is 18.8 Å². The number of halogens is 1.